The Balaban J connectivity index is 1.80. The third kappa shape index (κ3) is 3.45. The molecule has 0 bridgehead atoms. The number of fused-ring (bicyclic) bond motifs is 1. The van der Waals surface area contributed by atoms with Crippen molar-refractivity contribution in [2.24, 2.45) is 5.10 Å². The zero-order valence-electron chi connectivity index (χ0n) is 15.8. The Morgan fingerprint density at radius 1 is 1.07 bits per heavy atom. The van der Waals surface area contributed by atoms with Crippen LogP contribution in [0.25, 0.3) is 22.2 Å². The van der Waals surface area contributed by atoms with Gasteiger partial charge in [0, 0.05) is 11.1 Å². The molecule has 2 N–H and O–H groups in total. The smallest absolute Gasteiger partial charge is 0.216 e. The highest BCUT2D eigenvalue weighted by atomic mass is 32.1. The summed E-state index contributed by atoms with van der Waals surface area (Å²) in [6.07, 6.45) is 1.58. The van der Waals surface area contributed by atoms with Gasteiger partial charge < -0.3 is 14.6 Å². The van der Waals surface area contributed by atoms with Gasteiger partial charge >= 0.3 is 0 Å². The Hall–Kier alpha value is -3.65. The molecular formula is C21H18N4O3S. The molecule has 0 aliphatic carbocycles. The number of phenolic OH excluding ortho intramolecular Hbond substituents is 1. The first-order valence-electron chi connectivity index (χ1n) is 8.77. The van der Waals surface area contributed by atoms with Crippen LogP contribution in [0.4, 0.5) is 0 Å². The summed E-state index contributed by atoms with van der Waals surface area (Å²) in [6, 6.07) is 16.7. The summed E-state index contributed by atoms with van der Waals surface area (Å²) in [5, 5.41) is 23.8. The average Bonchev–Trinajstić information content (AvgIpc) is 3.12. The average molecular weight is 406 g/mol. The third-order valence-corrected chi connectivity index (χ3v) is 4.81. The fourth-order valence-electron chi connectivity index (χ4n) is 3.10. The number of H-pyrrole nitrogens is 1. The molecule has 29 heavy (non-hydrogen) atoms. The number of methoxy groups -OCH3 is 2. The Kier molecular flexibility index (Phi) is 5.01. The fraction of sp³-hybridized carbons (Fsp3) is 0.0952. The summed E-state index contributed by atoms with van der Waals surface area (Å²) >= 11 is 5.34. The number of aromatic amines is 1. The van der Waals surface area contributed by atoms with Gasteiger partial charge in [0.25, 0.3) is 0 Å². The standard InChI is InChI=1S/C21H18N4O3S/c1-27-18-10-8-14(11-19(18)28-2)20-23-24-21(29)25(20)22-12-16-15-6-4-3-5-13(15)7-9-17(16)26/h3-12,26H,1-2H3,(H,24,29). The minimum atomic E-state index is 0.134. The number of hydrogen-bond acceptors (Lipinski definition) is 6. The lowest BCUT2D eigenvalue weighted by Gasteiger charge is -2.09. The molecule has 1 heterocycles. The minimum absolute atomic E-state index is 0.134. The largest absolute Gasteiger partial charge is 0.507 e. The summed E-state index contributed by atoms with van der Waals surface area (Å²) in [5.41, 5.74) is 1.35. The summed E-state index contributed by atoms with van der Waals surface area (Å²) in [6.45, 7) is 0. The number of hydrogen-bond donors (Lipinski definition) is 2. The zero-order valence-corrected chi connectivity index (χ0v) is 16.6. The number of nitrogens with zero attached hydrogens (tertiary/aromatic N) is 3. The van der Waals surface area contributed by atoms with Crippen molar-refractivity contribution >= 4 is 29.2 Å². The van der Waals surface area contributed by atoms with E-state index in [9.17, 15) is 5.11 Å². The molecule has 0 aliphatic heterocycles. The summed E-state index contributed by atoms with van der Waals surface area (Å²) in [4.78, 5) is 0. The number of ether oxygens (including phenoxy) is 2. The minimum Gasteiger partial charge on any atom is -0.507 e. The van der Waals surface area contributed by atoms with Gasteiger partial charge in [-0.3, -0.25) is 0 Å². The van der Waals surface area contributed by atoms with Gasteiger partial charge in [-0.1, -0.05) is 30.3 Å². The molecule has 146 valence electrons. The van der Waals surface area contributed by atoms with Crippen LogP contribution in [0, 0.1) is 4.77 Å². The molecule has 0 saturated carbocycles. The van der Waals surface area contributed by atoms with Gasteiger partial charge in [-0.15, -0.1) is 0 Å². The molecule has 0 unspecified atom stereocenters. The first-order valence-corrected chi connectivity index (χ1v) is 9.18. The number of rotatable bonds is 5. The predicted octanol–water partition coefficient (Wildman–Crippen LogP) is 4.37. The fourth-order valence-corrected chi connectivity index (χ4v) is 3.28. The lowest BCUT2D eigenvalue weighted by molar-refractivity contribution is 0.355. The van der Waals surface area contributed by atoms with Crippen LogP contribution in [0.3, 0.4) is 0 Å². The van der Waals surface area contributed by atoms with Crippen molar-refractivity contribution in [3.05, 3.63) is 64.9 Å². The van der Waals surface area contributed by atoms with Crippen LogP contribution in [0.15, 0.2) is 59.7 Å². The molecule has 0 radical (unpaired) electrons. The first-order chi connectivity index (χ1) is 14.1. The van der Waals surface area contributed by atoms with E-state index in [-0.39, 0.29) is 5.75 Å². The van der Waals surface area contributed by atoms with Crippen molar-refractivity contribution in [1.29, 1.82) is 0 Å². The van der Waals surface area contributed by atoms with Gasteiger partial charge in [-0.25, -0.2) is 5.10 Å². The van der Waals surface area contributed by atoms with Crippen LogP contribution in [0.5, 0.6) is 17.2 Å². The quantitative estimate of drug-likeness (QED) is 0.380. The molecule has 0 saturated heterocycles. The van der Waals surface area contributed by atoms with Gasteiger partial charge in [0.1, 0.15) is 5.75 Å². The van der Waals surface area contributed by atoms with E-state index in [1.165, 1.54) is 4.68 Å². The second-order valence-electron chi connectivity index (χ2n) is 6.20. The molecule has 0 fully saturated rings. The van der Waals surface area contributed by atoms with Crippen LogP contribution in [0.1, 0.15) is 5.56 Å². The Bertz CT molecular complexity index is 1280. The van der Waals surface area contributed by atoms with Crippen LogP contribution in [-0.4, -0.2) is 40.4 Å². The number of aromatic nitrogens is 3. The lowest BCUT2D eigenvalue weighted by atomic mass is 10.0. The zero-order chi connectivity index (χ0) is 20.4. The Morgan fingerprint density at radius 3 is 2.66 bits per heavy atom. The third-order valence-electron chi connectivity index (χ3n) is 4.54. The van der Waals surface area contributed by atoms with E-state index < -0.39 is 0 Å². The van der Waals surface area contributed by atoms with E-state index in [4.69, 9.17) is 21.7 Å². The molecule has 0 spiro atoms. The Morgan fingerprint density at radius 2 is 1.86 bits per heavy atom. The number of nitrogens with one attached hydrogen (secondary N) is 1. The summed E-state index contributed by atoms with van der Waals surface area (Å²) < 4.78 is 12.5. The van der Waals surface area contributed by atoms with Crippen LogP contribution in [0.2, 0.25) is 0 Å². The SMILES string of the molecule is COc1ccc(-c2n[nH]c(=S)n2N=Cc2c(O)ccc3ccccc23)cc1OC. The van der Waals surface area contributed by atoms with Crippen molar-refractivity contribution < 1.29 is 14.6 Å². The highest BCUT2D eigenvalue weighted by Crippen LogP contribution is 2.32. The van der Waals surface area contributed by atoms with Crippen molar-refractivity contribution in [2.45, 2.75) is 0 Å². The normalized spacial score (nSPS) is 11.2. The van der Waals surface area contributed by atoms with Crippen molar-refractivity contribution in [3.8, 4) is 28.6 Å². The molecule has 4 rings (SSSR count). The molecule has 0 aliphatic rings. The van der Waals surface area contributed by atoms with E-state index >= 15 is 0 Å². The molecule has 0 atom stereocenters. The topological polar surface area (TPSA) is 84.7 Å². The number of aromatic hydroxyl groups is 1. The lowest BCUT2D eigenvalue weighted by Crippen LogP contribution is -1.97. The van der Waals surface area contributed by atoms with Gasteiger partial charge in [0.2, 0.25) is 4.77 Å². The van der Waals surface area contributed by atoms with E-state index in [2.05, 4.69) is 15.3 Å². The van der Waals surface area contributed by atoms with Gasteiger partial charge in [0.15, 0.2) is 17.3 Å². The van der Waals surface area contributed by atoms with E-state index in [1.807, 2.05) is 36.4 Å². The van der Waals surface area contributed by atoms with Gasteiger partial charge in [-0.2, -0.15) is 14.9 Å². The second kappa shape index (κ2) is 7.76. The molecule has 0 amide bonds. The van der Waals surface area contributed by atoms with E-state index in [0.29, 0.717) is 27.7 Å². The second-order valence-corrected chi connectivity index (χ2v) is 6.58. The Labute approximate surface area is 171 Å². The monoisotopic (exact) mass is 406 g/mol. The molecular weight excluding hydrogens is 388 g/mol. The number of benzene rings is 3. The molecule has 7 nitrogen and oxygen atoms in total. The highest BCUT2D eigenvalue weighted by Gasteiger charge is 2.13. The maximum atomic E-state index is 10.3. The van der Waals surface area contributed by atoms with E-state index in [1.54, 1.807) is 38.6 Å². The van der Waals surface area contributed by atoms with Crippen LogP contribution < -0.4 is 9.47 Å². The molecule has 8 heteroatoms. The maximum Gasteiger partial charge on any atom is 0.216 e. The maximum absolute atomic E-state index is 10.3. The predicted molar refractivity (Wildman–Crippen MR) is 115 cm³/mol. The summed E-state index contributed by atoms with van der Waals surface area (Å²) in [5.74, 6) is 1.82. The highest BCUT2D eigenvalue weighted by molar-refractivity contribution is 7.71. The van der Waals surface area contributed by atoms with Gasteiger partial charge in [0.05, 0.1) is 20.4 Å². The summed E-state index contributed by atoms with van der Waals surface area (Å²) in [7, 11) is 3.15. The van der Waals surface area contributed by atoms with Crippen LogP contribution >= 0.6 is 12.2 Å². The molecule has 3 aromatic carbocycles. The number of phenols is 1. The molecule has 1 aromatic heterocycles. The van der Waals surface area contributed by atoms with E-state index in [0.717, 1.165) is 16.3 Å². The first kappa shape index (κ1) is 18.7. The van der Waals surface area contributed by atoms with Crippen molar-refractivity contribution in [2.75, 3.05) is 14.2 Å². The van der Waals surface area contributed by atoms with Gasteiger partial charge in [-0.05, 0) is 47.3 Å². The van der Waals surface area contributed by atoms with Crippen molar-refractivity contribution in [3.63, 3.8) is 0 Å². The van der Waals surface area contributed by atoms with Crippen molar-refractivity contribution in [1.82, 2.24) is 14.9 Å². The van der Waals surface area contributed by atoms with Crippen LogP contribution in [-0.2, 0) is 0 Å². The molecule has 4 aromatic rings.